The van der Waals surface area contributed by atoms with Gasteiger partial charge >= 0.3 is 0 Å². The highest BCUT2D eigenvalue weighted by Crippen LogP contribution is 2.25. The van der Waals surface area contributed by atoms with E-state index in [1.54, 1.807) is 0 Å². The number of hydrogen-bond acceptors (Lipinski definition) is 4. The number of carbonyl (C=O) groups is 1. The van der Waals surface area contributed by atoms with Gasteiger partial charge in [-0.2, -0.15) is 0 Å². The maximum Gasteiger partial charge on any atom is 0.271 e. The summed E-state index contributed by atoms with van der Waals surface area (Å²) in [6.07, 6.45) is 0. The molecule has 0 fully saturated rings. The lowest BCUT2D eigenvalue weighted by Crippen LogP contribution is -2.08. The smallest absolute Gasteiger partial charge is 0.271 e. The molecular weight excluding hydrogens is 188 g/mol. The molecule has 0 bridgehead atoms. The number of nitrogens with zero attached hydrogens (tertiary/aromatic N) is 1. The van der Waals surface area contributed by atoms with Crippen molar-refractivity contribution in [2.45, 2.75) is 6.92 Å². The van der Waals surface area contributed by atoms with Crippen LogP contribution in [0.5, 0.6) is 5.75 Å². The first-order chi connectivity index (χ1) is 6.50. The third-order valence-electron chi connectivity index (χ3n) is 1.48. The van der Waals surface area contributed by atoms with E-state index < -0.39 is 16.6 Å². The molecule has 0 unspecified atom stereocenters. The van der Waals surface area contributed by atoms with Gasteiger partial charge < -0.3 is 10.4 Å². The Morgan fingerprint density at radius 2 is 2.14 bits per heavy atom. The second-order valence-electron chi connectivity index (χ2n) is 2.62. The Bertz CT molecular complexity index is 389. The highest BCUT2D eigenvalue weighted by atomic mass is 16.6. The molecule has 0 aliphatic carbocycles. The molecule has 14 heavy (non-hydrogen) atoms. The van der Waals surface area contributed by atoms with Gasteiger partial charge in [0.1, 0.15) is 0 Å². The van der Waals surface area contributed by atoms with Crippen molar-refractivity contribution < 1.29 is 14.8 Å². The van der Waals surface area contributed by atoms with Crippen LogP contribution < -0.4 is 10.4 Å². The lowest BCUT2D eigenvalue weighted by Gasteiger charge is -2.12. The second-order valence-corrected chi connectivity index (χ2v) is 2.62. The van der Waals surface area contributed by atoms with Gasteiger partial charge in [0.15, 0.2) is 0 Å². The van der Waals surface area contributed by atoms with Crippen LogP contribution in [0.4, 0.5) is 11.4 Å². The van der Waals surface area contributed by atoms with Gasteiger partial charge in [-0.05, 0) is 0 Å². The second kappa shape index (κ2) is 3.73. The number of hydrogen-bond donors (Lipinski definition) is 1. The van der Waals surface area contributed by atoms with Crippen molar-refractivity contribution in [2.75, 3.05) is 5.32 Å². The summed E-state index contributed by atoms with van der Waals surface area (Å²) in [6.45, 7) is 1.22. The molecule has 0 atom stereocenters. The molecule has 0 aliphatic rings. The minimum absolute atomic E-state index is 0.0771. The molecule has 6 heteroatoms. The first-order valence-corrected chi connectivity index (χ1v) is 3.74. The number of anilines is 1. The first-order valence-electron chi connectivity index (χ1n) is 3.74. The van der Waals surface area contributed by atoms with Gasteiger partial charge in [-0.3, -0.25) is 14.9 Å². The third kappa shape index (κ3) is 2.19. The molecule has 0 aromatic heterocycles. The summed E-state index contributed by atoms with van der Waals surface area (Å²) in [5, 5.41) is 23.6. The Morgan fingerprint density at radius 1 is 1.50 bits per heavy atom. The summed E-state index contributed by atoms with van der Waals surface area (Å²) in [5.41, 5.74) is -0.306. The number of nitrogens with one attached hydrogen (secondary N) is 1. The molecule has 0 saturated carbocycles. The van der Waals surface area contributed by atoms with Crippen LogP contribution in [0.2, 0.25) is 0 Å². The van der Waals surface area contributed by atoms with Crippen LogP contribution in [0.15, 0.2) is 18.2 Å². The van der Waals surface area contributed by atoms with Gasteiger partial charge in [-0.1, -0.05) is 11.8 Å². The van der Waals surface area contributed by atoms with Crippen LogP contribution in [0.3, 0.4) is 0 Å². The van der Waals surface area contributed by atoms with Gasteiger partial charge in [0, 0.05) is 24.7 Å². The molecule has 1 aromatic rings. The van der Waals surface area contributed by atoms with E-state index >= 15 is 0 Å². The molecule has 1 amide bonds. The van der Waals surface area contributed by atoms with E-state index in [1.807, 2.05) is 0 Å². The zero-order valence-corrected chi connectivity index (χ0v) is 7.31. The van der Waals surface area contributed by atoms with Crippen molar-refractivity contribution in [2.24, 2.45) is 0 Å². The summed E-state index contributed by atoms with van der Waals surface area (Å²) in [7, 11) is 0. The molecule has 6 nitrogen and oxygen atoms in total. The molecule has 0 heterocycles. The Labute approximate surface area is 79.3 Å². The Kier molecular flexibility index (Phi) is 2.66. The molecule has 0 radical (unpaired) electrons. The third-order valence-corrected chi connectivity index (χ3v) is 1.48. The zero-order valence-electron chi connectivity index (χ0n) is 7.31. The number of nitro groups is 1. The normalized spacial score (nSPS) is 9.50. The van der Waals surface area contributed by atoms with Crippen molar-refractivity contribution >= 4 is 17.3 Å². The van der Waals surface area contributed by atoms with E-state index in [0.717, 1.165) is 18.2 Å². The number of benzene rings is 1. The van der Waals surface area contributed by atoms with Crippen LogP contribution in [-0.4, -0.2) is 10.8 Å². The van der Waals surface area contributed by atoms with Crippen molar-refractivity contribution in [3.05, 3.63) is 28.3 Å². The summed E-state index contributed by atoms with van der Waals surface area (Å²) in [5.74, 6) is -0.895. The molecule has 0 spiro atoms. The van der Waals surface area contributed by atoms with Crippen LogP contribution in [-0.2, 0) is 4.79 Å². The molecule has 1 rings (SSSR count). The number of amides is 1. The number of rotatable bonds is 2. The highest BCUT2D eigenvalue weighted by molar-refractivity contribution is 5.90. The first kappa shape index (κ1) is 9.97. The minimum Gasteiger partial charge on any atom is -0.871 e. The molecule has 0 saturated heterocycles. The summed E-state index contributed by atoms with van der Waals surface area (Å²) in [6, 6.07) is 3.17. The molecule has 0 aliphatic heterocycles. The van der Waals surface area contributed by atoms with Gasteiger partial charge in [0.05, 0.1) is 4.92 Å². The zero-order chi connectivity index (χ0) is 10.7. The van der Waals surface area contributed by atoms with Crippen LogP contribution in [0.25, 0.3) is 0 Å². The van der Waals surface area contributed by atoms with Gasteiger partial charge in [0.25, 0.3) is 5.69 Å². The average Bonchev–Trinajstić information content (AvgIpc) is 2.07. The van der Waals surface area contributed by atoms with Gasteiger partial charge in [-0.15, -0.1) is 0 Å². The largest absolute Gasteiger partial charge is 0.871 e. The van der Waals surface area contributed by atoms with Gasteiger partial charge in [-0.25, -0.2) is 0 Å². The number of non-ortho nitro benzene ring substituents is 1. The van der Waals surface area contributed by atoms with E-state index in [2.05, 4.69) is 5.32 Å². The van der Waals surface area contributed by atoms with E-state index in [9.17, 15) is 20.0 Å². The molecular formula is C8H7N2O4-. The fourth-order valence-corrected chi connectivity index (χ4v) is 0.919. The summed E-state index contributed by atoms with van der Waals surface area (Å²) in [4.78, 5) is 20.3. The van der Waals surface area contributed by atoms with Crippen LogP contribution >= 0.6 is 0 Å². The molecule has 1 N–H and O–H groups in total. The van der Waals surface area contributed by atoms with E-state index in [-0.39, 0.29) is 11.4 Å². The Morgan fingerprint density at radius 3 is 2.64 bits per heavy atom. The highest BCUT2D eigenvalue weighted by Gasteiger charge is 2.06. The standard InChI is InChI=1S/C8H8N2O4/c1-5(11)9-7-4-6(10(13)14)2-3-8(7)12/h2-4,12H,1H3,(H,9,11)/p-1. The predicted octanol–water partition coefficient (Wildman–Crippen LogP) is 0.627. The Hall–Kier alpha value is -2.11. The molecule has 1 aromatic carbocycles. The van der Waals surface area contributed by atoms with Crippen LogP contribution in [0, 0.1) is 10.1 Å². The van der Waals surface area contributed by atoms with Crippen molar-refractivity contribution in [3.8, 4) is 5.75 Å². The summed E-state index contributed by atoms with van der Waals surface area (Å²) < 4.78 is 0. The predicted molar refractivity (Wildman–Crippen MR) is 46.8 cm³/mol. The average molecular weight is 195 g/mol. The van der Waals surface area contributed by atoms with Gasteiger partial charge in [0.2, 0.25) is 5.91 Å². The SMILES string of the molecule is CC(=O)Nc1cc([N+](=O)[O-])ccc1[O-]. The minimum atomic E-state index is -0.634. The fraction of sp³-hybridized carbons (Fsp3) is 0.125. The number of carbonyl (C=O) groups excluding carboxylic acids is 1. The topological polar surface area (TPSA) is 95.3 Å². The maximum atomic E-state index is 11.1. The van der Waals surface area contributed by atoms with E-state index in [1.165, 1.54) is 6.92 Å². The lowest BCUT2D eigenvalue weighted by atomic mass is 10.2. The monoisotopic (exact) mass is 195 g/mol. The maximum absolute atomic E-state index is 11.1. The number of nitro benzene ring substituents is 1. The van der Waals surface area contributed by atoms with E-state index in [0.29, 0.717) is 0 Å². The van der Waals surface area contributed by atoms with Crippen molar-refractivity contribution in [3.63, 3.8) is 0 Å². The summed E-state index contributed by atoms with van der Waals surface area (Å²) >= 11 is 0. The molecule has 74 valence electrons. The van der Waals surface area contributed by atoms with Crippen molar-refractivity contribution in [1.29, 1.82) is 0 Å². The fourth-order valence-electron chi connectivity index (χ4n) is 0.919. The van der Waals surface area contributed by atoms with Crippen LogP contribution in [0.1, 0.15) is 6.92 Å². The van der Waals surface area contributed by atoms with E-state index in [4.69, 9.17) is 0 Å². The van der Waals surface area contributed by atoms with Crippen molar-refractivity contribution in [1.82, 2.24) is 0 Å². The Balaban J connectivity index is 3.08. The quantitative estimate of drug-likeness (QED) is 0.552. The lowest BCUT2D eigenvalue weighted by molar-refractivity contribution is -0.385.